The molecule has 0 radical (unpaired) electrons. The van der Waals surface area contributed by atoms with Crippen molar-refractivity contribution in [2.75, 3.05) is 19.6 Å². The Morgan fingerprint density at radius 3 is 2.00 bits per heavy atom. The van der Waals surface area contributed by atoms with E-state index in [-0.39, 0.29) is 2.85 Å². The number of hydrogen-bond donors (Lipinski definition) is 2. The highest BCUT2D eigenvalue weighted by Gasteiger charge is 2.18. The van der Waals surface area contributed by atoms with Crippen LogP contribution in [0.5, 0.6) is 0 Å². The second-order valence-corrected chi connectivity index (χ2v) is 2.99. The van der Waals surface area contributed by atoms with Crippen molar-refractivity contribution in [1.29, 1.82) is 0 Å². The largest absolute Gasteiger partial charge is 0.314 e. The third-order valence-electron chi connectivity index (χ3n) is 1.47. The fraction of sp³-hybridized carbons (Fsp3) is 1.00. The predicted molar refractivity (Wildman–Crippen MR) is 50.5 cm³/mol. The third-order valence-corrected chi connectivity index (χ3v) is 1.47. The van der Waals surface area contributed by atoms with Crippen LogP contribution in [0.25, 0.3) is 0 Å². The van der Waals surface area contributed by atoms with E-state index in [1.54, 1.807) is 0 Å². The molecular formula is C8H24N2. The molecule has 0 bridgehead atoms. The molecule has 0 spiro atoms. The van der Waals surface area contributed by atoms with Gasteiger partial charge in [-0.15, -0.1) is 0 Å². The lowest BCUT2D eigenvalue weighted by Crippen LogP contribution is -2.55. The number of nitrogens with one attached hydrogen (secondary N) is 2. The Kier molecular flexibility index (Phi) is 4.65. The Bertz CT molecular complexity index is 79.1. The first-order chi connectivity index (χ1) is 4.71. The normalized spacial score (nSPS) is 22.8. The Labute approximate surface area is 67.4 Å². The maximum atomic E-state index is 3.40. The van der Waals surface area contributed by atoms with E-state index in [1.165, 1.54) is 0 Å². The molecule has 1 aliphatic heterocycles. The molecule has 1 saturated heterocycles. The van der Waals surface area contributed by atoms with Crippen LogP contribution in [0.3, 0.4) is 0 Å². The van der Waals surface area contributed by atoms with E-state index < -0.39 is 0 Å². The van der Waals surface area contributed by atoms with Gasteiger partial charge in [0.05, 0.1) is 0 Å². The van der Waals surface area contributed by atoms with Crippen LogP contribution >= 0.6 is 0 Å². The van der Waals surface area contributed by atoms with Gasteiger partial charge in [-0.25, -0.2) is 0 Å². The fourth-order valence-electron chi connectivity index (χ4n) is 0.953. The van der Waals surface area contributed by atoms with E-state index in [2.05, 4.69) is 24.5 Å². The summed E-state index contributed by atoms with van der Waals surface area (Å²) < 4.78 is 0. The molecule has 2 N–H and O–H groups in total. The molecule has 2 heteroatoms. The van der Waals surface area contributed by atoms with Crippen molar-refractivity contribution in [2.45, 2.75) is 33.2 Å². The van der Waals surface area contributed by atoms with Crippen LogP contribution in [0.1, 0.15) is 30.5 Å². The summed E-state index contributed by atoms with van der Waals surface area (Å²) in [6.07, 6.45) is 0. The minimum atomic E-state index is 0. The Hall–Kier alpha value is -0.0800. The zero-order valence-electron chi connectivity index (χ0n) is 7.62. The highest BCUT2D eigenvalue weighted by Crippen LogP contribution is 2.00. The van der Waals surface area contributed by atoms with E-state index in [0.29, 0.717) is 5.54 Å². The molecular weight excluding hydrogens is 124 g/mol. The number of rotatable bonds is 0. The van der Waals surface area contributed by atoms with Gasteiger partial charge in [0.2, 0.25) is 0 Å². The predicted octanol–water partition coefficient (Wildman–Crippen LogP) is 1.48. The van der Waals surface area contributed by atoms with Gasteiger partial charge in [-0.05, 0) is 13.8 Å². The topological polar surface area (TPSA) is 24.1 Å². The van der Waals surface area contributed by atoms with Crippen LogP contribution in [-0.4, -0.2) is 25.2 Å². The molecule has 2 nitrogen and oxygen atoms in total. The van der Waals surface area contributed by atoms with Gasteiger partial charge in [-0.3, -0.25) is 0 Å². The molecule has 1 rings (SSSR count). The summed E-state index contributed by atoms with van der Waals surface area (Å²) in [7, 11) is 0. The summed E-state index contributed by atoms with van der Waals surface area (Å²) in [5, 5.41) is 6.71. The average molecular weight is 148 g/mol. The summed E-state index contributed by atoms with van der Waals surface area (Å²) in [5.74, 6) is 0. The van der Waals surface area contributed by atoms with Gasteiger partial charge in [0.1, 0.15) is 0 Å². The lowest BCUT2D eigenvalue weighted by Gasteiger charge is -2.31. The Morgan fingerprint density at radius 1 is 1.20 bits per heavy atom. The molecule has 0 unspecified atom stereocenters. The molecule has 0 aliphatic carbocycles. The van der Waals surface area contributed by atoms with E-state index in [9.17, 15) is 0 Å². The average Bonchev–Trinajstić information content (AvgIpc) is 1.92. The standard InChI is InChI=1S/C6H14N2.C2H6.2H2/c1-6(2)5-7-3-4-8-6;1-2;;/h7-8H,3-5H2,1-2H3;1-2H3;2*1H. The number of hydrogen-bond acceptors (Lipinski definition) is 2. The SMILES string of the molecule is CC.CC1(C)CNCCN1.[HH].[HH]. The van der Waals surface area contributed by atoms with E-state index in [4.69, 9.17) is 0 Å². The van der Waals surface area contributed by atoms with Crippen molar-refractivity contribution < 1.29 is 2.85 Å². The Morgan fingerprint density at radius 2 is 1.80 bits per heavy atom. The molecule has 0 aromatic rings. The van der Waals surface area contributed by atoms with Gasteiger partial charge in [-0.2, -0.15) is 0 Å². The first kappa shape index (κ1) is 9.92. The molecule has 1 aliphatic rings. The monoisotopic (exact) mass is 148 g/mol. The van der Waals surface area contributed by atoms with Crippen LogP contribution in [0.15, 0.2) is 0 Å². The minimum Gasteiger partial charge on any atom is -0.314 e. The van der Waals surface area contributed by atoms with E-state index in [1.807, 2.05) is 13.8 Å². The quantitative estimate of drug-likeness (QED) is 0.543. The zero-order chi connectivity index (χ0) is 8.04. The smallest absolute Gasteiger partial charge is 0.0250 e. The molecule has 0 saturated carbocycles. The van der Waals surface area contributed by atoms with Crippen molar-refractivity contribution in [3.8, 4) is 0 Å². The molecule has 10 heavy (non-hydrogen) atoms. The van der Waals surface area contributed by atoms with Gasteiger partial charge >= 0.3 is 0 Å². The van der Waals surface area contributed by atoms with Gasteiger partial charge in [0.15, 0.2) is 0 Å². The molecule has 1 fully saturated rings. The molecule has 66 valence electrons. The minimum absolute atomic E-state index is 0. The third kappa shape index (κ3) is 3.85. The second kappa shape index (κ2) is 4.69. The van der Waals surface area contributed by atoms with E-state index >= 15 is 0 Å². The van der Waals surface area contributed by atoms with Crippen molar-refractivity contribution in [2.24, 2.45) is 0 Å². The van der Waals surface area contributed by atoms with E-state index in [0.717, 1.165) is 19.6 Å². The summed E-state index contributed by atoms with van der Waals surface area (Å²) in [6.45, 7) is 11.7. The Balaban J connectivity index is -0.000000189. The van der Waals surface area contributed by atoms with Crippen LogP contribution in [-0.2, 0) is 0 Å². The summed E-state index contributed by atoms with van der Waals surface area (Å²) in [4.78, 5) is 0. The van der Waals surface area contributed by atoms with Gasteiger partial charge < -0.3 is 10.6 Å². The first-order valence-electron chi connectivity index (χ1n) is 4.16. The van der Waals surface area contributed by atoms with Gasteiger partial charge in [-0.1, -0.05) is 13.8 Å². The second-order valence-electron chi connectivity index (χ2n) is 2.99. The van der Waals surface area contributed by atoms with Crippen molar-refractivity contribution in [1.82, 2.24) is 10.6 Å². The van der Waals surface area contributed by atoms with Crippen LogP contribution < -0.4 is 10.6 Å². The summed E-state index contributed by atoms with van der Waals surface area (Å²) in [6, 6.07) is 0. The highest BCUT2D eigenvalue weighted by atomic mass is 15.1. The molecule has 0 amide bonds. The molecule has 0 atom stereocenters. The van der Waals surface area contributed by atoms with Crippen molar-refractivity contribution >= 4 is 0 Å². The van der Waals surface area contributed by atoms with Gasteiger partial charge in [0, 0.05) is 28.0 Å². The maximum Gasteiger partial charge on any atom is 0.0250 e. The highest BCUT2D eigenvalue weighted by molar-refractivity contribution is 4.83. The van der Waals surface area contributed by atoms with Crippen LogP contribution in [0.4, 0.5) is 0 Å². The zero-order valence-corrected chi connectivity index (χ0v) is 7.62. The lowest BCUT2D eigenvalue weighted by molar-refractivity contribution is 0.323. The van der Waals surface area contributed by atoms with Crippen LogP contribution in [0.2, 0.25) is 0 Å². The molecule has 0 aromatic heterocycles. The van der Waals surface area contributed by atoms with Gasteiger partial charge in [0.25, 0.3) is 0 Å². The number of piperazine rings is 1. The fourth-order valence-corrected chi connectivity index (χ4v) is 0.953. The lowest BCUT2D eigenvalue weighted by atomic mass is 10.0. The summed E-state index contributed by atoms with van der Waals surface area (Å²) >= 11 is 0. The maximum absolute atomic E-state index is 3.40. The van der Waals surface area contributed by atoms with Crippen molar-refractivity contribution in [3.05, 3.63) is 0 Å². The van der Waals surface area contributed by atoms with Crippen LogP contribution in [0, 0.1) is 0 Å². The molecule has 0 aromatic carbocycles. The van der Waals surface area contributed by atoms with Crippen molar-refractivity contribution in [3.63, 3.8) is 0 Å². The first-order valence-corrected chi connectivity index (χ1v) is 4.16. The summed E-state index contributed by atoms with van der Waals surface area (Å²) in [5.41, 5.74) is 0.318. The molecule has 1 heterocycles.